The minimum absolute atomic E-state index is 0.145. The van der Waals surface area contributed by atoms with Gasteiger partial charge in [-0.15, -0.1) is 0 Å². The molecule has 3 rings (SSSR count). The van der Waals surface area contributed by atoms with Crippen molar-refractivity contribution < 1.29 is 9.88 Å². The van der Waals surface area contributed by atoms with Crippen LogP contribution in [0.15, 0.2) is 59.9 Å². The van der Waals surface area contributed by atoms with Gasteiger partial charge in [0, 0.05) is 42.5 Å². The van der Waals surface area contributed by atoms with Gasteiger partial charge in [0.15, 0.2) is 4.99 Å². The molecule has 2 aliphatic heterocycles. The number of nitrogens with one attached hydrogen (secondary N) is 1. The van der Waals surface area contributed by atoms with Gasteiger partial charge in [-0.2, -0.15) is 0 Å². The van der Waals surface area contributed by atoms with E-state index >= 15 is 0 Å². The molecule has 0 amide bonds. The second-order valence-electron chi connectivity index (χ2n) is 5.72. The van der Waals surface area contributed by atoms with E-state index in [0.717, 1.165) is 43.2 Å². The van der Waals surface area contributed by atoms with Crippen molar-refractivity contribution in [1.29, 1.82) is 0 Å². The van der Waals surface area contributed by atoms with E-state index in [1.54, 1.807) is 6.08 Å². The first-order chi connectivity index (χ1) is 13.2. The van der Waals surface area contributed by atoms with Crippen LogP contribution in [0.5, 0.6) is 0 Å². The number of piperazine rings is 1. The minimum atomic E-state index is 0.145. The maximum atomic E-state index is 7.23. The Bertz CT molecular complexity index is 833. The van der Waals surface area contributed by atoms with Gasteiger partial charge in [-0.3, -0.25) is 0 Å². The Kier molecular flexibility index (Phi) is 6.33. The number of hydroxylamine groups is 1. The Labute approximate surface area is 163 Å². The number of rotatable bonds is 6. The lowest BCUT2D eigenvalue weighted by Gasteiger charge is -2.29. The fourth-order valence-electron chi connectivity index (χ4n) is 2.71. The van der Waals surface area contributed by atoms with Gasteiger partial charge in [0.2, 0.25) is 0 Å². The molecule has 0 saturated carbocycles. The van der Waals surface area contributed by atoms with Crippen molar-refractivity contribution in [2.45, 2.75) is 0 Å². The molecule has 0 aliphatic carbocycles. The predicted molar refractivity (Wildman–Crippen MR) is 109 cm³/mol. The highest BCUT2D eigenvalue weighted by Crippen LogP contribution is 2.20. The van der Waals surface area contributed by atoms with Crippen molar-refractivity contribution in [3.63, 3.8) is 0 Å². The summed E-state index contributed by atoms with van der Waals surface area (Å²) in [7, 11) is 0. The molecule has 0 aromatic heterocycles. The lowest BCUT2D eigenvalue weighted by atomic mass is 10.1. The molecule has 0 radical (unpaired) electrons. The van der Waals surface area contributed by atoms with E-state index in [9.17, 15) is 0 Å². The first-order valence-corrected chi connectivity index (χ1v) is 8.83. The number of hydrazone groups is 1. The number of nitrogens with zero attached hydrogens (tertiary/aromatic N) is 4. The van der Waals surface area contributed by atoms with Crippen LogP contribution in [-0.2, 0) is 9.88 Å². The van der Waals surface area contributed by atoms with Gasteiger partial charge in [-0.1, -0.05) is 55.7 Å². The maximum Gasteiger partial charge on any atom is 0.307 e. The molecule has 8 heteroatoms. The van der Waals surface area contributed by atoms with E-state index in [1.165, 1.54) is 5.69 Å². The van der Waals surface area contributed by atoms with Gasteiger partial charge in [0.05, 0.1) is 0 Å². The van der Waals surface area contributed by atoms with Gasteiger partial charge in [0.25, 0.3) is 0 Å². The fourth-order valence-corrected chi connectivity index (χ4v) is 2.94. The van der Waals surface area contributed by atoms with E-state index in [4.69, 9.17) is 23.8 Å². The molecule has 1 N–H and O–H groups in total. The molecule has 2 heterocycles. The number of benzene rings is 1. The Morgan fingerprint density at radius 3 is 2.67 bits per heavy atom. The van der Waals surface area contributed by atoms with E-state index in [1.807, 2.05) is 12.2 Å². The molecule has 27 heavy (non-hydrogen) atoms. The zero-order valence-electron chi connectivity index (χ0n) is 14.7. The standard InChI is InChI=1S/C19H19N5O2S/c1-3-25-26-24-19(27)17(18(20-2)22-24)6-4-5-15-7-9-16(10-8-15)23-13-11-21-12-14-23/h3-10,21H,1,11-14H2/b5-4+,17-6-. The van der Waals surface area contributed by atoms with Crippen LogP contribution >= 0.6 is 12.2 Å². The summed E-state index contributed by atoms with van der Waals surface area (Å²) < 4.78 is 0. The van der Waals surface area contributed by atoms with Crippen LogP contribution in [0.2, 0.25) is 0 Å². The smallest absolute Gasteiger partial charge is 0.307 e. The highest BCUT2D eigenvalue weighted by Gasteiger charge is 2.31. The second-order valence-corrected chi connectivity index (χ2v) is 6.11. The van der Waals surface area contributed by atoms with Crippen LogP contribution in [0.4, 0.5) is 5.69 Å². The number of amidine groups is 1. The number of anilines is 1. The van der Waals surface area contributed by atoms with Crippen molar-refractivity contribution in [3.8, 4) is 0 Å². The second kappa shape index (κ2) is 9.09. The molecule has 1 saturated heterocycles. The van der Waals surface area contributed by atoms with Gasteiger partial charge in [-0.05, 0) is 27.9 Å². The normalized spacial score (nSPS) is 18.7. The molecule has 2 aliphatic rings. The summed E-state index contributed by atoms with van der Waals surface area (Å²) in [5.41, 5.74) is 2.78. The zero-order valence-corrected chi connectivity index (χ0v) is 15.5. The van der Waals surface area contributed by atoms with Crippen LogP contribution in [-0.4, -0.2) is 42.2 Å². The zero-order chi connectivity index (χ0) is 19.1. The molecule has 0 atom stereocenters. The Morgan fingerprint density at radius 1 is 1.26 bits per heavy atom. The molecule has 0 spiro atoms. The van der Waals surface area contributed by atoms with E-state index in [0.29, 0.717) is 5.57 Å². The first-order valence-electron chi connectivity index (χ1n) is 8.42. The molecule has 1 aromatic carbocycles. The number of hydrogen-bond donors (Lipinski definition) is 1. The van der Waals surface area contributed by atoms with Gasteiger partial charge < -0.3 is 19.9 Å². The molecular weight excluding hydrogens is 362 g/mol. The summed E-state index contributed by atoms with van der Waals surface area (Å²) in [5, 5.41) is 8.27. The third-order valence-corrected chi connectivity index (χ3v) is 4.42. The summed E-state index contributed by atoms with van der Waals surface area (Å²) in [6.07, 6.45) is 6.62. The molecule has 0 bridgehead atoms. The van der Waals surface area contributed by atoms with Crippen LogP contribution in [0.25, 0.3) is 10.9 Å². The SMILES string of the molecule is [C-]#[N+]C1=NN(OOC=C)C(=S)/C1=C\C=C\c1ccc(N2CCNCC2)cc1. The molecule has 0 unspecified atom stereocenters. The largest absolute Gasteiger partial charge is 0.369 e. The van der Waals surface area contributed by atoms with Crippen molar-refractivity contribution >= 4 is 34.8 Å². The average molecular weight is 381 g/mol. The monoisotopic (exact) mass is 381 g/mol. The van der Waals surface area contributed by atoms with Crippen molar-refractivity contribution in [2.75, 3.05) is 31.1 Å². The van der Waals surface area contributed by atoms with Crippen LogP contribution < -0.4 is 10.2 Å². The van der Waals surface area contributed by atoms with Crippen molar-refractivity contribution in [2.24, 2.45) is 5.10 Å². The average Bonchev–Trinajstić information content (AvgIpc) is 3.02. The van der Waals surface area contributed by atoms with Crippen LogP contribution in [0.1, 0.15) is 5.56 Å². The van der Waals surface area contributed by atoms with Crippen molar-refractivity contribution in [3.05, 3.63) is 71.8 Å². The summed E-state index contributed by atoms with van der Waals surface area (Å²) in [5.74, 6) is 0.145. The topological polar surface area (TPSA) is 53.7 Å². The predicted octanol–water partition coefficient (Wildman–Crippen LogP) is 2.92. The third-order valence-electron chi connectivity index (χ3n) is 4.04. The summed E-state index contributed by atoms with van der Waals surface area (Å²) in [4.78, 5) is 15.4. The highest BCUT2D eigenvalue weighted by molar-refractivity contribution is 7.80. The summed E-state index contributed by atoms with van der Waals surface area (Å²) in [6.45, 7) is 14.7. The third kappa shape index (κ3) is 4.60. The maximum absolute atomic E-state index is 7.23. The van der Waals surface area contributed by atoms with Crippen LogP contribution in [0, 0.1) is 6.57 Å². The highest BCUT2D eigenvalue weighted by atomic mass is 32.1. The van der Waals surface area contributed by atoms with Crippen molar-refractivity contribution in [1.82, 2.24) is 10.5 Å². The number of hydrogen-bond acceptors (Lipinski definition) is 6. The lowest BCUT2D eigenvalue weighted by molar-refractivity contribution is -0.367. The quantitative estimate of drug-likeness (QED) is 0.204. The van der Waals surface area contributed by atoms with Gasteiger partial charge in [0.1, 0.15) is 6.26 Å². The Morgan fingerprint density at radius 2 is 2.00 bits per heavy atom. The lowest BCUT2D eigenvalue weighted by Crippen LogP contribution is -2.43. The van der Waals surface area contributed by atoms with Crippen LogP contribution in [0.3, 0.4) is 0 Å². The van der Waals surface area contributed by atoms with E-state index in [2.05, 4.69) is 55.9 Å². The summed E-state index contributed by atoms with van der Waals surface area (Å²) in [6, 6.07) is 8.37. The Balaban J connectivity index is 1.67. The molecule has 7 nitrogen and oxygen atoms in total. The number of allylic oxidation sites excluding steroid dienone is 2. The fraction of sp³-hybridized carbons (Fsp3) is 0.211. The van der Waals surface area contributed by atoms with Gasteiger partial charge >= 0.3 is 5.84 Å². The van der Waals surface area contributed by atoms with E-state index in [-0.39, 0.29) is 10.8 Å². The minimum Gasteiger partial charge on any atom is -0.369 e. The molecular formula is C19H19N5O2S. The van der Waals surface area contributed by atoms with Gasteiger partial charge in [-0.25, -0.2) is 0 Å². The van der Waals surface area contributed by atoms with E-state index < -0.39 is 0 Å². The number of thiocarbonyl (C=S) groups is 1. The summed E-state index contributed by atoms with van der Waals surface area (Å²) >= 11 is 5.25. The Hall–Kier alpha value is -2.99. The molecule has 138 valence electrons. The first kappa shape index (κ1) is 18.8. The molecule has 1 fully saturated rings. The molecule has 1 aromatic rings.